The fraction of sp³-hybridized carbons (Fsp3) is 0.190. The highest BCUT2D eigenvalue weighted by molar-refractivity contribution is 7.22. The van der Waals surface area contributed by atoms with E-state index in [0.29, 0.717) is 5.13 Å². The fourth-order valence-corrected chi connectivity index (χ4v) is 4.38. The summed E-state index contributed by atoms with van der Waals surface area (Å²) in [5.74, 6) is 1.14. The number of thiazole rings is 1. The van der Waals surface area contributed by atoms with Crippen molar-refractivity contribution < 1.29 is 9.53 Å². The molecule has 0 radical (unpaired) electrons. The van der Waals surface area contributed by atoms with E-state index in [1.807, 2.05) is 42.6 Å². The molecule has 140 valence electrons. The number of ether oxygens (including phenoxy) is 1. The predicted molar refractivity (Wildman–Crippen MR) is 110 cm³/mol. The Morgan fingerprint density at radius 2 is 2.07 bits per heavy atom. The third-order valence-corrected chi connectivity index (χ3v) is 6.05. The van der Waals surface area contributed by atoms with Crippen LogP contribution >= 0.6 is 11.3 Å². The fourth-order valence-electron chi connectivity index (χ4n) is 3.47. The van der Waals surface area contributed by atoms with Gasteiger partial charge in [-0.15, -0.1) is 0 Å². The summed E-state index contributed by atoms with van der Waals surface area (Å²) >= 11 is 1.49. The van der Waals surface area contributed by atoms with E-state index in [0.717, 1.165) is 33.5 Å². The molecule has 1 fully saturated rings. The quantitative estimate of drug-likeness (QED) is 0.528. The zero-order valence-corrected chi connectivity index (χ0v) is 16.0. The number of aromatic nitrogens is 3. The monoisotopic (exact) mass is 390 g/mol. The molecule has 0 aliphatic heterocycles. The molecule has 1 aliphatic carbocycles. The maximum absolute atomic E-state index is 12.6. The first-order valence-corrected chi connectivity index (χ1v) is 9.87. The van der Waals surface area contributed by atoms with Crippen LogP contribution in [0.1, 0.15) is 17.9 Å². The SMILES string of the molecule is COc1ccc([C@H]2C[C@@H]2C(=O)Nc2nc3ccc(-c4cn[nH]c4)cc3s2)cc1. The van der Waals surface area contributed by atoms with Crippen molar-refractivity contribution in [2.24, 2.45) is 5.92 Å². The summed E-state index contributed by atoms with van der Waals surface area (Å²) in [5.41, 5.74) is 4.16. The number of carbonyl (C=O) groups excluding carboxylic acids is 1. The van der Waals surface area contributed by atoms with Crippen molar-refractivity contribution in [3.8, 4) is 16.9 Å². The van der Waals surface area contributed by atoms with Gasteiger partial charge in [0.15, 0.2) is 5.13 Å². The molecule has 7 heteroatoms. The number of fused-ring (bicyclic) bond motifs is 1. The molecule has 2 aromatic carbocycles. The third kappa shape index (κ3) is 3.14. The molecule has 1 aliphatic rings. The number of anilines is 1. The highest BCUT2D eigenvalue weighted by Gasteiger charge is 2.44. The summed E-state index contributed by atoms with van der Waals surface area (Å²) in [4.78, 5) is 17.2. The van der Waals surface area contributed by atoms with Crippen molar-refractivity contribution >= 4 is 32.6 Å². The Hall–Kier alpha value is -3.19. The van der Waals surface area contributed by atoms with E-state index in [4.69, 9.17) is 4.74 Å². The van der Waals surface area contributed by atoms with Crippen LogP contribution in [-0.2, 0) is 4.79 Å². The molecular formula is C21H18N4O2S. The van der Waals surface area contributed by atoms with E-state index >= 15 is 0 Å². The van der Waals surface area contributed by atoms with Crippen molar-refractivity contribution in [2.45, 2.75) is 12.3 Å². The maximum atomic E-state index is 12.6. The topological polar surface area (TPSA) is 79.9 Å². The number of rotatable bonds is 5. The van der Waals surface area contributed by atoms with Gasteiger partial charge in [-0.25, -0.2) is 4.98 Å². The first kappa shape index (κ1) is 16.9. The van der Waals surface area contributed by atoms with Gasteiger partial charge in [-0.3, -0.25) is 9.89 Å². The molecule has 2 N–H and O–H groups in total. The minimum Gasteiger partial charge on any atom is -0.497 e. The molecule has 2 heterocycles. The van der Waals surface area contributed by atoms with Gasteiger partial charge < -0.3 is 10.1 Å². The second-order valence-corrected chi connectivity index (χ2v) is 7.93. The molecule has 5 rings (SSSR count). The summed E-state index contributed by atoms with van der Waals surface area (Å²) in [6, 6.07) is 14.0. The van der Waals surface area contributed by atoms with E-state index < -0.39 is 0 Å². The largest absolute Gasteiger partial charge is 0.497 e. The van der Waals surface area contributed by atoms with Crippen LogP contribution in [0, 0.1) is 5.92 Å². The molecule has 1 saturated carbocycles. The summed E-state index contributed by atoms with van der Waals surface area (Å²) in [7, 11) is 1.65. The van der Waals surface area contributed by atoms with Crippen LogP contribution in [0.15, 0.2) is 54.9 Å². The molecule has 4 aromatic rings. The van der Waals surface area contributed by atoms with Crippen LogP contribution in [0.4, 0.5) is 5.13 Å². The van der Waals surface area contributed by atoms with Crippen LogP contribution in [0.2, 0.25) is 0 Å². The van der Waals surface area contributed by atoms with Gasteiger partial charge in [-0.05, 0) is 47.7 Å². The molecule has 0 saturated heterocycles. The molecule has 1 amide bonds. The predicted octanol–water partition coefficient (Wildman–Crippen LogP) is 4.44. The molecule has 28 heavy (non-hydrogen) atoms. The summed E-state index contributed by atoms with van der Waals surface area (Å²) < 4.78 is 6.23. The lowest BCUT2D eigenvalue weighted by molar-refractivity contribution is -0.117. The average molecular weight is 390 g/mol. The normalized spacial score (nSPS) is 18.2. The van der Waals surface area contributed by atoms with Gasteiger partial charge in [-0.1, -0.05) is 29.5 Å². The summed E-state index contributed by atoms with van der Waals surface area (Å²) in [6.45, 7) is 0. The van der Waals surface area contributed by atoms with E-state index in [9.17, 15) is 4.79 Å². The Labute approximate surface area is 165 Å². The van der Waals surface area contributed by atoms with Crippen molar-refractivity contribution in [1.29, 1.82) is 0 Å². The Morgan fingerprint density at radius 3 is 2.82 bits per heavy atom. The molecule has 0 unspecified atom stereocenters. The van der Waals surface area contributed by atoms with Gasteiger partial charge >= 0.3 is 0 Å². The molecule has 6 nitrogen and oxygen atoms in total. The van der Waals surface area contributed by atoms with E-state index in [2.05, 4.69) is 26.6 Å². The van der Waals surface area contributed by atoms with Crippen molar-refractivity contribution in [2.75, 3.05) is 12.4 Å². The van der Waals surface area contributed by atoms with Crippen molar-refractivity contribution in [3.63, 3.8) is 0 Å². The number of carbonyl (C=O) groups is 1. The zero-order chi connectivity index (χ0) is 19.1. The minimum absolute atomic E-state index is 0.00176. The highest BCUT2D eigenvalue weighted by Crippen LogP contribution is 2.48. The smallest absolute Gasteiger partial charge is 0.229 e. The lowest BCUT2D eigenvalue weighted by Gasteiger charge is -2.03. The number of aromatic amines is 1. The van der Waals surface area contributed by atoms with Gasteiger partial charge in [0.1, 0.15) is 5.75 Å². The van der Waals surface area contributed by atoms with Gasteiger partial charge in [0.05, 0.1) is 23.5 Å². The summed E-state index contributed by atoms with van der Waals surface area (Å²) in [5, 5.41) is 10.5. The minimum atomic E-state index is 0.00176. The number of amides is 1. The molecule has 2 atom stereocenters. The highest BCUT2D eigenvalue weighted by atomic mass is 32.1. The summed E-state index contributed by atoms with van der Waals surface area (Å²) in [6.07, 6.45) is 4.52. The number of methoxy groups -OCH3 is 1. The lowest BCUT2D eigenvalue weighted by atomic mass is 10.1. The van der Waals surface area contributed by atoms with Crippen molar-refractivity contribution in [1.82, 2.24) is 15.2 Å². The first-order valence-electron chi connectivity index (χ1n) is 9.06. The molecular weight excluding hydrogens is 372 g/mol. The second-order valence-electron chi connectivity index (χ2n) is 6.90. The number of hydrogen-bond donors (Lipinski definition) is 2. The maximum Gasteiger partial charge on any atom is 0.229 e. The number of nitrogens with zero attached hydrogens (tertiary/aromatic N) is 2. The second kappa shape index (κ2) is 6.76. The van der Waals surface area contributed by atoms with Crippen LogP contribution in [0.25, 0.3) is 21.3 Å². The van der Waals surface area contributed by atoms with Crippen LogP contribution in [0.3, 0.4) is 0 Å². The number of nitrogens with one attached hydrogen (secondary N) is 2. The molecule has 0 spiro atoms. The lowest BCUT2D eigenvalue weighted by Crippen LogP contribution is -2.14. The number of hydrogen-bond acceptors (Lipinski definition) is 5. The molecule has 2 aromatic heterocycles. The zero-order valence-electron chi connectivity index (χ0n) is 15.2. The standard InChI is InChI=1S/C21H18N4O2S/c1-27-15-5-2-12(3-6-15)16-9-17(16)20(26)25-21-24-18-7-4-13(8-19(18)28-21)14-10-22-23-11-14/h2-8,10-11,16-17H,9H2,1H3,(H,22,23)(H,24,25,26)/t16-,17+/m1/s1. The van der Waals surface area contributed by atoms with Crippen molar-refractivity contribution in [3.05, 3.63) is 60.4 Å². The van der Waals surface area contributed by atoms with Gasteiger partial charge in [0.2, 0.25) is 5.91 Å². The Kier molecular flexibility index (Phi) is 4.09. The number of H-pyrrole nitrogens is 1. The van der Waals surface area contributed by atoms with Gasteiger partial charge in [0, 0.05) is 17.7 Å². The van der Waals surface area contributed by atoms with E-state index in [1.165, 1.54) is 16.9 Å². The van der Waals surface area contributed by atoms with Crippen LogP contribution in [0.5, 0.6) is 5.75 Å². The van der Waals surface area contributed by atoms with Gasteiger partial charge in [0.25, 0.3) is 0 Å². The Balaban J connectivity index is 1.29. The van der Waals surface area contributed by atoms with Gasteiger partial charge in [-0.2, -0.15) is 5.10 Å². The Morgan fingerprint density at radius 1 is 1.21 bits per heavy atom. The average Bonchev–Trinajstić information content (AvgIpc) is 3.14. The van der Waals surface area contributed by atoms with E-state index in [1.54, 1.807) is 13.3 Å². The first-order chi connectivity index (χ1) is 13.7. The van der Waals surface area contributed by atoms with Crippen LogP contribution < -0.4 is 10.1 Å². The molecule has 0 bridgehead atoms. The number of benzene rings is 2. The van der Waals surface area contributed by atoms with Crippen LogP contribution in [-0.4, -0.2) is 28.2 Å². The third-order valence-electron chi connectivity index (χ3n) is 5.12. The Bertz CT molecular complexity index is 1140. The van der Waals surface area contributed by atoms with E-state index in [-0.39, 0.29) is 17.7 Å².